The SMILES string of the molecule is CN(C(=O)c1cccc(Cn2cncn2)c1)[C@@H]1c2ccccc2C[C@@H]1O. The van der Waals surface area contributed by atoms with Crippen molar-refractivity contribution in [1.29, 1.82) is 0 Å². The predicted molar refractivity (Wildman–Crippen MR) is 96.6 cm³/mol. The molecule has 2 atom stereocenters. The Balaban J connectivity index is 1.58. The number of aliphatic hydroxyl groups is 1. The third-order valence-corrected chi connectivity index (χ3v) is 4.89. The van der Waals surface area contributed by atoms with Crippen LogP contribution in [0.25, 0.3) is 0 Å². The van der Waals surface area contributed by atoms with Crippen molar-refractivity contribution in [2.75, 3.05) is 7.05 Å². The summed E-state index contributed by atoms with van der Waals surface area (Å²) in [6, 6.07) is 15.1. The first-order chi connectivity index (χ1) is 12.6. The van der Waals surface area contributed by atoms with Gasteiger partial charge in [0.05, 0.1) is 18.7 Å². The van der Waals surface area contributed by atoms with E-state index in [-0.39, 0.29) is 11.9 Å². The van der Waals surface area contributed by atoms with Gasteiger partial charge in [-0.2, -0.15) is 5.10 Å². The third-order valence-electron chi connectivity index (χ3n) is 4.89. The number of rotatable bonds is 4. The molecule has 1 aromatic heterocycles. The van der Waals surface area contributed by atoms with Crippen LogP contribution < -0.4 is 0 Å². The van der Waals surface area contributed by atoms with Gasteiger partial charge in [0.2, 0.25) is 0 Å². The number of likely N-dealkylation sites (N-methyl/N-ethyl adjacent to an activating group) is 1. The van der Waals surface area contributed by atoms with Crippen molar-refractivity contribution >= 4 is 5.91 Å². The molecule has 0 bridgehead atoms. The van der Waals surface area contributed by atoms with Crippen molar-refractivity contribution in [3.8, 4) is 0 Å². The fourth-order valence-corrected chi connectivity index (χ4v) is 3.65. The summed E-state index contributed by atoms with van der Waals surface area (Å²) in [6.45, 7) is 0.555. The van der Waals surface area contributed by atoms with E-state index >= 15 is 0 Å². The minimum atomic E-state index is -0.584. The van der Waals surface area contributed by atoms with Crippen LogP contribution in [0, 0.1) is 0 Å². The number of carbonyl (C=O) groups excluding carboxylic acids is 1. The first kappa shape index (κ1) is 16.5. The highest BCUT2D eigenvalue weighted by molar-refractivity contribution is 5.94. The van der Waals surface area contributed by atoms with Crippen LogP contribution in [0.3, 0.4) is 0 Å². The molecule has 0 aliphatic heterocycles. The second kappa shape index (κ2) is 6.72. The molecule has 0 unspecified atom stereocenters. The molecule has 26 heavy (non-hydrogen) atoms. The largest absolute Gasteiger partial charge is 0.390 e. The van der Waals surface area contributed by atoms with Gasteiger partial charge in [-0.05, 0) is 28.8 Å². The smallest absolute Gasteiger partial charge is 0.254 e. The van der Waals surface area contributed by atoms with Crippen LogP contribution in [0.15, 0.2) is 61.2 Å². The molecule has 6 nitrogen and oxygen atoms in total. The molecule has 0 radical (unpaired) electrons. The molecular formula is C20H20N4O2. The lowest BCUT2D eigenvalue weighted by atomic mass is 10.0. The average molecular weight is 348 g/mol. The monoisotopic (exact) mass is 348 g/mol. The standard InChI is InChI=1S/C20H20N4O2/c1-23(19-17-8-3-2-6-15(17)10-18(19)25)20(26)16-7-4-5-14(9-16)11-24-13-21-12-22-24/h2-9,12-13,18-19,25H,10-11H2,1H3/t18-,19+/m0/s1. The highest BCUT2D eigenvalue weighted by atomic mass is 16.3. The fraction of sp³-hybridized carbons (Fsp3) is 0.250. The topological polar surface area (TPSA) is 71.2 Å². The molecular weight excluding hydrogens is 328 g/mol. The van der Waals surface area contributed by atoms with E-state index in [4.69, 9.17) is 0 Å². The number of aromatic nitrogens is 3. The second-order valence-electron chi connectivity index (χ2n) is 6.62. The highest BCUT2D eigenvalue weighted by Crippen LogP contribution is 2.35. The number of hydrogen-bond acceptors (Lipinski definition) is 4. The number of aliphatic hydroxyl groups excluding tert-OH is 1. The van der Waals surface area contributed by atoms with Gasteiger partial charge in [0.1, 0.15) is 12.7 Å². The van der Waals surface area contributed by atoms with E-state index in [1.54, 1.807) is 29.0 Å². The number of fused-ring (bicyclic) bond motifs is 1. The van der Waals surface area contributed by atoms with E-state index in [0.29, 0.717) is 18.5 Å². The highest BCUT2D eigenvalue weighted by Gasteiger charge is 2.36. The number of amides is 1. The van der Waals surface area contributed by atoms with Crippen LogP contribution in [0.5, 0.6) is 0 Å². The van der Waals surface area contributed by atoms with Gasteiger partial charge in [0.25, 0.3) is 5.91 Å². The molecule has 132 valence electrons. The van der Waals surface area contributed by atoms with Gasteiger partial charge in [-0.1, -0.05) is 36.4 Å². The zero-order valence-electron chi connectivity index (χ0n) is 14.5. The molecule has 1 amide bonds. The van der Waals surface area contributed by atoms with Crippen LogP contribution in [0.1, 0.15) is 33.1 Å². The van der Waals surface area contributed by atoms with Gasteiger partial charge < -0.3 is 10.0 Å². The van der Waals surface area contributed by atoms with Crippen molar-refractivity contribution in [2.24, 2.45) is 0 Å². The summed E-state index contributed by atoms with van der Waals surface area (Å²) in [4.78, 5) is 18.6. The molecule has 1 N–H and O–H groups in total. The molecule has 6 heteroatoms. The van der Waals surface area contributed by atoms with E-state index in [9.17, 15) is 9.90 Å². The maximum atomic E-state index is 13.0. The van der Waals surface area contributed by atoms with E-state index in [0.717, 1.165) is 16.7 Å². The molecule has 2 aromatic carbocycles. The molecule has 1 heterocycles. The van der Waals surface area contributed by atoms with Crippen LogP contribution >= 0.6 is 0 Å². The van der Waals surface area contributed by atoms with Gasteiger partial charge in [-0.3, -0.25) is 4.79 Å². The summed E-state index contributed by atoms with van der Waals surface area (Å²) < 4.78 is 1.71. The number of nitrogens with zero attached hydrogens (tertiary/aromatic N) is 4. The zero-order valence-corrected chi connectivity index (χ0v) is 14.5. The number of carbonyl (C=O) groups is 1. The van der Waals surface area contributed by atoms with Crippen LogP contribution in [0.4, 0.5) is 0 Å². The summed E-state index contributed by atoms with van der Waals surface area (Å²) in [5.41, 5.74) is 3.70. The summed E-state index contributed by atoms with van der Waals surface area (Å²) in [6.07, 6.45) is 3.12. The minimum absolute atomic E-state index is 0.105. The van der Waals surface area contributed by atoms with Gasteiger partial charge in [-0.25, -0.2) is 9.67 Å². The van der Waals surface area contributed by atoms with Gasteiger partial charge in [0.15, 0.2) is 0 Å². The second-order valence-corrected chi connectivity index (χ2v) is 6.62. The van der Waals surface area contributed by atoms with E-state index < -0.39 is 6.10 Å². The maximum absolute atomic E-state index is 13.0. The lowest BCUT2D eigenvalue weighted by Crippen LogP contribution is -2.36. The lowest BCUT2D eigenvalue weighted by Gasteiger charge is -2.28. The first-order valence-electron chi connectivity index (χ1n) is 8.58. The Hall–Kier alpha value is -2.99. The van der Waals surface area contributed by atoms with Crippen molar-refractivity contribution in [3.05, 3.63) is 83.4 Å². The molecule has 0 saturated heterocycles. The summed E-state index contributed by atoms with van der Waals surface area (Å²) in [5.74, 6) is -0.105. The van der Waals surface area contributed by atoms with Crippen molar-refractivity contribution in [3.63, 3.8) is 0 Å². The fourth-order valence-electron chi connectivity index (χ4n) is 3.65. The zero-order chi connectivity index (χ0) is 18.1. The van der Waals surface area contributed by atoms with Gasteiger partial charge >= 0.3 is 0 Å². The molecule has 3 aromatic rings. The van der Waals surface area contributed by atoms with Crippen molar-refractivity contribution < 1.29 is 9.90 Å². The quantitative estimate of drug-likeness (QED) is 0.783. The predicted octanol–water partition coefficient (Wildman–Crippen LogP) is 2.06. The Bertz CT molecular complexity index is 923. The van der Waals surface area contributed by atoms with Crippen LogP contribution in [-0.2, 0) is 13.0 Å². The average Bonchev–Trinajstić information content (AvgIpc) is 3.27. The molecule has 4 rings (SSSR count). The molecule has 0 spiro atoms. The molecule has 1 aliphatic rings. The van der Waals surface area contributed by atoms with E-state index in [1.807, 2.05) is 42.5 Å². The first-order valence-corrected chi connectivity index (χ1v) is 8.58. The Morgan fingerprint density at radius 1 is 1.27 bits per heavy atom. The normalized spacial score (nSPS) is 18.5. The number of benzene rings is 2. The maximum Gasteiger partial charge on any atom is 0.254 e. The Kier molecular flexibility index (Phi) is 4.26. The summed E-state index contributed by atoms with van der Waals surface area (Å²) in [7, 11) is 1.75. The molecule has 1 aliphatic carbocycles. The Labute approximate surface area is 151 Å². The Morgan fingerprint density at radius 3 is 2.92 bits per heavy atom. The molecule has 0 fully saturated rings. The lowest BCUT2D eigenvalue weighted by molar-refractivity contribution is 0.0497. The van der Waals surface area contributed by atoms with Crippen LogP contribution in [-0.4, -0.2) is 43.8 Å². The number of hydrogen-bond donors (Lipinski definition) is 1. The van der Waals surface area contributed by atoms with Crippen LogP contribution in [0.2, 0.25) is 0 Å². The molecule has 0 saturated carbocycles. The summed E-state index contributed by atoms with van der Waals surface area (Å²) in [5, 5.41) is 14.6. The Morgan fingerprint density at radius 2 is 2.12 bits per heavy atom. The van der Waals surface area contributed by atoms with E-state index in [1.165, 1.54) is 6.33 Å². The van der Waals surface area contributed by atoms with E-state index in [2.05, 4.69) is 10.1 Å². The minimum Gasteiger partial charge on any atom is -0.390 e. The third kappa shape index (κ3) is 2.99. The summed E-state index contributed by atoms with van der Waals surface area (Å²) >= 11 is 0. The van der Waals surface area contributed by atoms with Crippen molar-refractivity contribution in [2.45, 2.75) is 25.1 Å². The van der Waals surface area contributed by atoms with Gasteiger partial charge in [0, 0.05) is 19.0 Å². The van der Waals surface area contributed by atoms with Crippen molar-refractivity contribution in [1.82, 2.24) is 19.7 Å². The van der Waals surface area contributed by atoms with Gasteiger partial charge in [-0.15, -0.1) is 0 Å².